The molecule has 150 valence electrons. The highest BCUT2D eigenvalue weighted by Gasteiger charge is 2.19. The van der Waals surface area contributed by atoms with Crippen LogP contribution in [0.2, 0.25) is 5.15 Å². The summed E-state index contributed by atoms with van der Waals surface area (Å²) in [6.45, 7) is 5.81. The third kappa shape index (κ3) is 5.59. The first-order chi connectivity index (χ1) is 13.7. The van der Waals surface area contributed by atoms with Gasteiger partial charge in [-0.2, -0.15) is 0 Å². The van der Waals surface area contributed by atoms with E-state index in [-0.39, 0.29) is 5.91 Å². The van der Waals surface area contributed by atoms with Gasteiger partial charge in [0.25, 0.3) is 5.91 Å². The third-order valence-electron chi connectivity index (χ3n) is 4.97. The van der Waals surface area contributed by atoms with Crippen LogP contribution in [0.4, 0.5) is 5.69 Å². The summed E-state index contributed by atoms with van der Waals surface area (Å²) in [6.07, 6.45) is 3.52. The number of hydrogen-bond acceptors (Lipinski definition) is 5. The van der Waals surface area contributed by atoms with Crippen molar-refractivity contribution in [3.63, 3.8) is 0 Å². The fourth-order valence-electron chi connectivity index (χ4n) is 3.38. The molecule has 0 unspecified atom stereocenters. The number of nitrogens with one attached hydrogen (secondary N) is 1. The van der Waals surface area contributed by atoms with Crippen LogP contribution in [0.15, 0.2) is 42.6 Å². The molecule has 0 spiro atoms. The van der Waals surface area contributed by atoms with Gasteiger partial charge < -0.3 is 15.0 Å². The fraction of sp³-hybridized carbons (Fsp3) is 0.429. The molecule has 0 atom stereocenters. The molecule has 1 aromatic heterocycles. The van der Waals surface area contributed by atoms with E-state index in [9.17, 15) is 4.79 Å². The van der Waals surface area contributed by atoms with Crippen LogP contribution in [-0.4, -0.2) is 62.2 Å². The van der Waals surface area contributed by atoms with E-state index in [0.717, 1.165) is 51.3 Å². The minimum Gasteiger partial charge on any atom is -0.495 e. The molecule has 0 aliphatic carbocycles. The van der Waals surface area contributed by atoms with Crippen LogP contribution in [0.3, 0.4) is 0 Å². The van der Waals surface area contributed by atoms with E-state index in [2.05, 4.69) is 32.2 Å². The summed E-state index contributed by atoms with van der Waals surface area (Å²) >= 11 is 5.74. The molecular weight excluding hydrogens is 376 g/mol. The van der Waals surface area contributed by atoms with Gasteiger partial charge >= 0.3 is 0 Å². The number of anilines is 1. The molecule has 0 saturated carbocycles. The molecule has 7 heteroatoms. The lowest BCUT2D eigenvalue weighted by atomic mass is 10.2. The number of amides is 1. The maximum Gasteiger partial charge on any atom is 0.252 e. The highest BCUT2D eigenvalue weighted by Crippen LogP contribution is 2.28. The van der Waals surface area contributed by atoms with Crippen LogP contribution in [0.25, 0.3) is 0 Å². The Bertz CT molecular complexity index is 761. The summed E-state index contributed by atoms with van der Waals surface area (Å²) in [5, 5.41) is 3.33. The number of unbranched alkanes of at least 4 members (excludes halogenated alkanes) is 1. The summed E-state index contributed by atoms with van der Waals surface area (Å²) in [5.41, 5.74) is 1.71. The number of nitrogens with zero attached hydrogens (tertiary/aromatic N) is 3. The fourth-order valence-corrected chi connectivity index (χ4v) is 3.49. The average molecular weight is 403 g/mol. The van der Waals surface area contributed by atoms with Crippen molar-refractivity contribution in [3.05, 3.63) is 53.3 Å². The first kappa shape index (κ1) is 20.4. The molecule has 2 aromatic rings. The van der Waals surface area contributed by atoms with Crippen LogP contribution in [0.1, 0.15) is 23.2 Å². The van der Waals surface area contributed by atoms with E-state index in [1.54, 1.807) is 19.2 Å². The predicted octanol–water partition coefficient (Wildman–Crippen LogP) is 3.08. The summed E-state index contributed by atoms with van der Waals surface area (Å²) < 4.78 is 5.47. The van der Waals surface area contributed by atoms with Crippen molar-refractivity contribution in [2.24, 2.45) is 0 Å². The number of piperazine rings is 1. The smallest absolute Gasteiger partial charge is 0.252 e. The van der Waals surface area contributed by atoms with Gasteiger partial charge in [0.15, 0.2) is 0 Å². The van der Waals surface area contributed by atoms with E-state index in [0.29, 0.717) is 17.3 Å². The molecule has 2 heterocycles. The maximum absolute atomic E-state index is 12.0. The topological polar surface area (TPSA) is 57.7 Å². The van der Waals surface area contributed by atoms with Crippen molar-refractivity contribution >= 4 is 23.2 Å². The summed E-state index contributed by atoms with van der Waals surface area (Å²) in [5.74, 6) is 0.831. The number of carbonyl (C=O) groups excluding carboxylic acids is 1. The lowest BCUT2D eigenvalue weighted by molar-refractivity contribution is 0.0952. The molecule has 1 N–H and O–H groups in total. The molecule has 28 heavy (non-hydrogen) atoms. The van der Waals surface area contributed by atoms with Gasteiger partial charge in [-0.3, -0.25) is 9.69 Å². The molecule has 1 fully saturated rings. The van der Waals surface area contributed by atoms with E-state index in [1.165, 1.54) is 11.9 Å². The van der Waals surface area contributed by atoms with Gasteiger partial charge in [0.2, 0.25) is 0 Å². The van der Waals surface area contributed by atoms with Gasteiger partial charge in [-0.15, -0.1) is 0 Å². The van der Waals surface area contributed by atoms with Crippen LogP contribution in [0, 0.1) is 0 Å². The Hall–Kier alpha value is -2.31. The average Bonchev–Trinajstić information content (AvgIpc) is 2.74. The highest BCUT2D eigenvalue weighted by molar-refractivity contribution is 6.29. The second-order valence-corrected chi connectivity index (χ2v) is 7.22. The zero-order valence-corrected chi connectivity index (χ0v) is 17.0. The molecule has 1 aromatic carbocycles. The van der Waals surface area contributed by atoms with Gasteiger partial charge in [-0.05, 0) is 43.7 Å². The maximum atomic E-state index is 12.0. The number of aromatic nitrogens is 1. The van der Waals surface area contributed by atoms with Gasteiger partial charge in [0, 0.05) is 38.9 Å². The number of halogens is 1. The lowest BCUT2D eigenvalue weighted by Crippen LogP contribution is -2.46. The zero-order chi connectivity index (χ0) is 19.8. The zero-order valence-electron chi connectivity index (χ0n) is 16.2. The van der Waals surface area contributed by atoms with E-state index in [4.69, 9.17) is 16.3 Å². The standard InChI is InChI=1S/C21H27ClN4O2/c1-28-19-7-3-2-6-18(19)26-14-12-25(13-15-26)11-5-4-10-23-21(27)17-8-9-20(22)24-16-17/h2-3,6-9,16H,4-5,10-15H2,1H3,(H,23,27). The van der Waals surface area contributed by atoms with Gasteiger partial charge in [0.05, 0.1) is 18.4 Å². The Morgan fingerprint density at radius 3 is 2.64 bits per heavy atom. The van der Waals surface area contributed by atoms with E-state index in [1.807, 2.05) is 12.1 Å². The van der Waals surface area contributed by atoms with Crippen molar-refractivity contribution in [1.82, 2.24) is 15.2 Å². The summed E-state index contributed by atoms with van der Waals surface area (Å²) in [4.78, 5) is 20.8. The van der Waals surface area contributed by atoms with Crippen LogP contribution < -0.4 is 15.0 Å². The van der Waals surface area contributed by atoms with E-state index < -0.39 is 0 Å². The highest BCUT2D eigenvalue weighted by atomic mass is 35.5. The second-order valence-electron chi connectivity index (χ2n) is 6.83. The SMILES string of the molecule is COc1ccccc1N1CCN(CCCCNC(=O)c2ccc(Cl)nc2)CC1. The Kier molecular flexibility index (Phi) is 7.51. The van der Waals surface area contributed by atoms with Crippen LogP contribution in [-0.2, 0) is 0 Å². The van der Waals surface area contributed by atoms with Crippen molar-refractivity contribution in [2.75, 3.05) is 51.3 Å². The monoisotopic (exact) mass is 402 g/mol. The largest absolute Gasteiger partial charge is 0.495 e. The third-order valence-corrected chi connectivity index (χ3v) is 5.20. The molecule has 0 radical (unpaired) electrons. The number of pyridine rings is 1. The Morgan fingerprint density at radius 1 is 1.14 bits per heavy atom. The minimum absolute atomic E-state index is 0.102. The van der Waals surface area contributed by atoms with Crippen molar-refractivity contribution in [1.29, 1.82) is 0 Å². The van der Waals surface area contributed by atoms with E-state index >= 15 is 0 Å². The summed E-state index contributed by atoms with van der Waals surface area (Å²) in [6, 6.07) is 11.5. The van der Waals surface area contributed by atoms with Crippen LogP contribution >= 0.6 is 11.6 Å². The molecule has 0 bridgehead atoms. The predicted molar refractivity (Wildman–Crippen MR) is 112 cm³/mol. The molecule has 1 saturated heterocycles. The number of ether oxygens (including phenoxy) is 1. The Morgan fingerprint density at radius 2 is 1.93 bits per heavy atom. The van der Waals surface area contributed by atoms with Gasteiger partial charge in [-0.1, -0.05) is 23.7 Å². The molecule has 1 amide bonds. The van der Waals surface area contributed by atoms with Crippen molar-refractivity contribution in [3.8, 4) is 5.75 Å². The number of methoxy groups -OCH3 is 1. The molecular formula is C21H27ClN4O2. The first-order valence-electron chi connectivity index (χ1n) is 9.67. The van der Waals surface area contributed by atoms with Crippen LogP contribution in [0.5, 0.6) is 5.75 Å². The molecule has 1 aliphatic rings. The molecule has 6 nitrogen and oxygen atoms in total. The number of para-hydroxylation sites is 2. The second kappa shape index (κ2) is 10.3. The normalized spacial score (nSPS) is 14.7. The minimum atomic E-state index is -0.102. The lowest BCUT2D eigenvalue weighted by Gasteiger charge is -2.36. The molecule has 3 rings (SSSR count). The number of hydrogen-bond donors (Lipinski definition) is 1. The Labute approximate surface area is 171 Å². The number of carbonyl (C=O) groups is 1. The number of rotatable bonds is 8. The van der Waals surface area contributed by atoms with Gasteiger partial charge in [0.1, 0.15) is 10.9 Å². The quantitative estimate of drug-likeness (QED) is 0.543. The molecule has 1 aliphatic heterocycles. The van der Waals surface area contributed by atoms with Crippen molar-refractivity contribution < 1.29 is 9.53 Å². The summed E-state index contributed by atoms with van der Waals surface area (Å²) in [7, 11) is 1.72. The van der Waals surface area contributed by atoms with Gasteiger partial charge in [-0.25, -0.2) is 4.98 Å². The van der Waals surface area contributed by atoms with Crippen molar-refractivity contribution in [2.45, 2.75) is 12.8 Å². The number of benzene rings is 1. The Balaban J connectivity index is 1.32. The first-order valence-corrected chi connectivity index (χ1v) is 10.1.